The SMILES string of the molecule is C[C@@H](Sc1ccc(Cl)cc1)C(=O)NCCSc1ccccc1. The number of halogens is 1. The molecule has 0 spiro atoms. The van der Waals surface area contributed by atoms with Crippen LogP contribution in [0, 0.1) is 0 Å². The van der Waals surface area contributed by atoms with Gasteiger partial charge in [-0.3, -0.25) is 4.79 Å². The van der Waals surface area contributed by atoms with E-state index < -0.39 is 0 Å². The monoisotopic (exact) mass is 351 g/mol. The van der Waals surface area contributed by atoms with Crippen molar-refractivity contribution in [2.45, 2.75) is 22.0 Å². The molecule has 5 heteroatoms. The maximum atomic E-state index is 12.1. The highest BCUT2D eigenvalue weighted by molar-refractivity contribution is 8.00. The minimum Gasteiger partial charge on any atom is -0.354 e. The minimum atomic E-state index is -0.122. The molecule has 0 heterocycles. The summed E-state index contributed by atoms with van der Waals surface area (Å²) in [5.41, 5.74) is 0. The zero-order valence-corrected chi connectivity index (χ0v) is 14.7. The normalized spacial score (nSPS) is 11.9. The van der Waals surface area contributed by atoms with Crippen molar-refractivity contribution in [2.24, 2.45) is 0 Å². The van der Waals surface area contributed by atoms with Gasteiger partial charge in [0, 0.05) is 27.1 Å². The van der Waals surface area contributed by atoms with Crippen LogP contribution in [0.25, 0.3) is 0 Å². The van der Waals surface area contributed by atoms with E-state index in [-0.39, 0.29) is 11.2 Å². The first-order valence-electron chi connectivity index (χ1n) is 7.03. The third-order valence-corrected chi connectivity index (χ3v) is 5.29. The van der Waals surface area contributed by atoms with Crippen LogP contribution in [0.1, 0.15) is 6.92 Å². The summed E-state index contributed by atoms with van der Waals surface area (Å²) in [4.78, 5) is 14.3. The van der Waals surface area contributed by atoms with Gasteiger partial charge in [-0.1, -0.05) is 29.8 Å². The number of hydrogen-bond donors (Lipinski definition) is 1. The van der Waals surface area contributed by atoms with E-state index in [9.17, 15) is 4.79 Å². The van der Waals surface area contributed by atoms with E-state index in [1.54, 1.807) is 11.8 Å². The maximum absolute atomic E-state index is 12.1. The van der Waals surface area contributed by atoms with Crippen LogP contribution in [0.2, 0.25) is 5.02 Å². The topological polar surface area (TPSA) is 29.1 Å². The zero-order valence-electron chi connectivity index (χ0n) is 12.3. The fraction of sp³-hybridized carbons (Fsp3) is 0.235. The Hall–Kier alpha value is -1.10. The molecular formula is C17H18ClNOS2. The minimum absolute atomic E-state index is 0.0635. The van der Waals surface area contributed by atoms with E-state index in [0.29, 0.717) is 11.6 Å². The fourth-order valence-corrected chi connectivity index (χ4v) is 3.58. The van der Waals surface area contributed by atoms with Crippen molar-refractivity contribution in [2.75, 3.05) is 12.3 Å². The Morgan fingerprint density at radius 2 is 1.77 bits per heavy atom. The third kappa shape index (κ3) is 5.95. The number of amides is 1. The standard InChI is InChI=1S/C17H18ClNOS2/c1-13(22-16-9-7-14(18)8-10-16)17(20)19-11-12-21-15-5-3-2-4-6-15/h2-10,13H,11-12H2,1H3,(H,19,20)/t13-/m1/s1. The molecule has 116 valence electrons. The molecule has 0 unspecified atom stereocenters. The lowest BCUT2D eigenvalue weighted by atomic mass is 10.4. The number of carbonyl (C=O) groups is 1. The van der Waals surface area contributed by atoms with Gasteiger partial charge in [-0.05, 0) is 43.3 Å². The molecule has 0 saturated heterocycles. The molecule has 2 aromatic rings. The van der Waals surface area contributed by atoms with Crippen molar-refractivity contribution < 1.29 is 4.79 Å². The van der Waals surface area contributed by atoms with Gasteiger partial charge in [-0.2, -0.15) is 0 Å². The van der Waals surface area contributed by atoms with Crippen molar-refractivity contribution >= 4 is 41.0 Å². The molecule has 2 rings (SSSR count). The van der Waals surface area contributed by atoms with E-state index in [0.717, 1.165) is 10.6 Å². The van der Waals surface area contributed by atoms with Gasteiger partial charge in [0.15, 0.2) is 0 Å². The summed E-state index contributed by atoms with van der Waals surface area (Å²) in [5.74, 6) is 0.933. The molecule has 0 aliphatic carbocycles. The lowest BCUT2D eigenvalue weighted by molar-refractivity contribution is -0.120. The van der Waals surface area contributed by atoms with Crippen LogP contribution in [0.3, 0.4) is 0 Å². The van der Waals surface area contributed by atoms with Crippen LogP contribution in [-0.2, 0) is 4.79 Å². The van der Waals surface area contributed by atoms with Gasteiger partial charge in [0.05, 0.1) is 5.25 Å². The fourth-order valence-electron chi connectivity index (χ4n) is 1.77. The lowest BCUT2D eigenvalue weighted by Gasteiger charge is -2.12. The van der Waals surface area contributed by atoms with E-state index in [2.05, 4.69) is 17.4 Å². The summed E-state index contributed by atoms with van der Waals surface area (Å²) in [6.45, 7) is 2.59. The summed E-state index contributed by atoms with van der Waals surface area (Å²) in [6, 6.07) is 17.7. The molecule has 1 N–H and O–H groups in total. The molecule has 22 heavy (non-hydrogen) atoms. The molecule has 0 fully saturated rings. The predicted octanol–water partition coefficient (Wildman–Crippen LogP) is 4.73. The summed E-state index contributed by atoms with van der Waals surface area (Å²) >= 11 is 9.14. The molecule has 0 bridgehead atoms. The number of hydrogen-bond acceptors (Lipinski definition) is 3. The smallest absolute Gasteiger partial charge is 0.233 e. The third-order valence-electron chi connectivity index (χ3n) is 2.91. The molecule has 0 aliphatic heterocycles. The van der Waals surface area contributed by atoms with Gasteiger partial charge in [-0.15, -0.1) is 23.5 Å². The second-order valence-corrected chi connectivity index (χ2v) is 7.69. The van der Waals surface area contributed by atoms with E-state index in [4.69, 9.17) is 11.6 Å². The van der Waals surface area contributed by atoms with Crippen LogP contribution in [0.15, 0.2) is 64.4 Å². The molecule has 1 atom stereocenters. The van der Waals surface area contributed by atoms with Gasteiger partial charge < -0.3 is 5.32 Å². The van der Waals surface area contributed by atoms with Crippen LogP contribution in [0.5, 0.6) is 0 Å². The molecule has 1 amide bonds. The highest BCUT2D eigenvalue weighted by Gasteiger charge is 2.13. The maximum Gasteiger partial charge on any atom is 0.233 e. The van der Waals surface area contributed by atoms with Crippen molar-refractivity contribution in [1.82, 2.24) is 5.32 Å². The Kier molecular flexibility index (Phi) is 7.16. The predicted molar refractivity (Wildman–Crippen MR) is 96.9 cm³/mol. The summed E-state index contributed by atoms with van der Waals surface area (Å²) in [6.07, 6.45) is 0. The lowest BCUT2D eigenvalue weighted by Crippen LogP contribution is -2.32. The van der Waals surface area contributed by atoms with Gasteiger partial charge >= 0.3 is 0 Å². The van der Waals surface area contributed by atoms with Gasteiger partial charge in [0.2, 0.25) is 5.91 Å². The van der Waals surface area contributed by atoms with Crippen LogP contribution >= 0.6 is 35.1 Å². The second-order valence-electron chi connectivity index (χ2n) is 4.67. The first-order valence-corrected chi connectivity index (χ1v) is 9.27. The number of thioether (sulfide) groups is 2. The first kappa shape index (κ1) is 17.3. The van der Waals surface area contributed by atoms with E-state index in [1.165, 1.54) is 16.7 Å². The quantitative estimate of drug-likeness (QED) is 0.577. The molecule has 0 radical (unpaired) electrons. The number of carbonyl (C=O) groups excluding carboxylic acids is 1. The number of benzene rings is 2. The summed E-state index contributed by atoms with van der Waals surface area (Å²) in [5, 5.41) is 3.56. The largest absolute Gasteiger partial charge is 0.354 e. The van der Waals surface area contributed by atoms with Gasteiger partial charge in [0.25, 0.3) is 0 Å². The summed E-state index contributed by atoms with van der Waals surface area (Å²) < 4.78 is 0. The van der Waals surface area contributed by atoms with Crippen molar-refractivity contribution in [3.05, 3.63) is 59.6 Å². The molecular weight excluding hydrogens is 334 g/mol. The van der Waals surface area contributed by atoms with Crippen LogP contribution in [0.4, 0.5) is 0 Å². The molecule has 2 nitrogen and oxygen atoms in total. The Bertz CT molecular complexity index is 589. The Labute approximate surface area is 145 Å². The Morgan fingerprint density at radius 3 is 2.45 bits per heavy atom. The van der Waals surface area contributed by atoms with Gasteiger partial charge in [-0.25, -0.2) is 0 Å². The summed E-state index contributed by atoms with van der Waals surface area (Å²) in [7, 11) is 0. The molecule has 0 aliphatic rings. The zero-order chi connectivity index (χ0) is 15.8. The molecule has 0 aromatic heterocycles. The van der Waals surface area contributed by atoms with Crippen LogP contribution < -0.4 is 5.32 Å². The van der Waals surface area contributed by atoms with E-state index in [1.807, 2.05) is 49.4 Å². The molecule has 2 aromatic carbocycles. The first-order chi connectivity index (χ1) is 10.6. The second kappa shape index (κ2) is 9.13. The van der Waals surface area contributed by atoms with E-state index >= 15 is 0 Å². The van der Waals surface area contributed by atoms with Crippen LogP contribution in [-0.4, -0.2) is 23.5 Å². The van der Waals surface area contributed by atoms with Gasteiger partial charge in [0.1, 0.15) is 0 Å². The average molecular weight is 352 g/mol. The van der Waals surface area contributed by atoms with Crippen molar-refractivity contribution in [1.29, 1.82) is 0 Å². The van der Waals surface area contributed by atoms with Crippen molar-refractivity contribution in [3.8, 4) is 0 Å². The molecule has 0 saturated carbocycles. The average Bonchev–Trinajstić information content (AvgIpc) is 2.54. The highest BCUT2D eigenvalue weighted by Crippen LogP contribution is 2.24. The highest BCUT2D eigenvalue weighted by atomic mass is 35.5. The number of nitrogens with one attached hydrogen (secondary N) is 1. The van der Waals surface area contributed by atoms with Crippen molar-refractivity contribution in [3.63, 3.8) is 0 Å². The Morgan fingerprint density at radius 1 is 1.09 bits per heavy atom. The Balaban J connectivity index is 1.69. The number of rotatable bonds is 7.